The summed E-state index contributed by atoms with van der Waals surface area (Å²) in [6.45, 7) is 5.32. The number of benzene rings is 1. The Morgan fingerprint density at radius 3 is 2.12 bits per heavy atom. The summed E-state index contributed by atoms with van der Waals surface area (Å²) in [4.78, 5) is 1.81. The maximum Gasteiger partial charge on any atom is 0.149 e. The minimum absolute atomic E-state index is 0.143. The van der Waals surface area contributed by atoms with E-state index in [1.54, 1.807) is 0 Å². The Morgan fingerprint density at radius 2 is 1.65 bits per heavy atom. The van der Waals surface area contributed by atoms with Crippen molar-refractivity contribution in [2.24, 2.45) is 0 Å². The number of hydrogen-bond donors (Lipinski definition) is 0. The SMILES string of the molecule is CC(C)c1cc(F)c(N2CCSCC2)c(F)c1. The molecule has 94 valence electrons. The molecule has 4 heteroatoms. The lowest BCUT2D eigenvalue weighted by Gasteiger charge is -2.29. The number of anilines is 1. The van der Waals surface area contributed by atoms with Crippen molar-refractivity contribution in [1.29, 1.82) is 0 Å². The number of halogens is 2. The van der Waals surface area contributed by atoms with Crippen LogP contribution >= 0.6 is 11.8 Å². The fourth-order valence-corrected chi connectivity index (χ4v) is 2.91. The van der Waals surface area contributed by atoms with Crippen LogP contribution in [-0.2, 0) is 0 Å². The highest BCUT2D eigenvalue weighted by atomic mass is 32.2. The van der Waals surface area contributed by atoms with Crippen LogP contribution in [0.1, 0.15) is 25.3 Å². The van der Waals surface area contributed by atoms with Crippen molar-refractivity contribution in [2.75, 3.05) is 29.5 Å². The van der Waals surface area contributed by atoms with E-state index >= 15 is 0 Å². The van der Waals surface area contributed by atoms with E-state index in [4.69, 9.17) is 0 Å². The third kappa shape index (κ3) is 2.73. The molecule has 0 unspecified atom stereocenters. The summed E-state index contributed by atoms with van der Waals surface area (Å²) in [6.07, 6.45) is 0. The quantitative estimate of drug-likeness (QED) is 0.795. The summed E-state index contributed by atoms with van der Waals surface area (Å²) in [5.41, 5.74) is 0.866. The molecule has 0 N–H and O–H groups in total. The van der Waals surface area contributed by atoms with Gasteiger partial charge in [-0.05, 0) is 23.6 Å². The van der Waals surface area contributed by atoms with Crippen LogP contribution in [-0.4, -0.2) is 24.6 Å². The van der Waals surface area contributed by atoms with Gasteiger partial charge in [0.05, 0.1) is 0 Å². The van der Waals surface area contributed by atoms with Gasteiger partial charge in [-0.2, -0.15) is 11.8 Å². The highest BCUT2D eigenvalue weighted by Gasteiger charge is 2.20. The molecule has 1 aromatic rings. The van der Waals surface area contributed by atoms with E-state index < -0.39 is 11.6 Å². The van der Waals surface area contributed by atoms with Crippen LogP contribution in [0.5, 0.6) is 0 Å². The first-order valence-electron chi connectivity index (χ1n) is 5.91. The van der Waals surface area contributed by atoms with E-state index in [1.807, 2.05) is 30.5 Å². The lowest BCUT2D eigenvalue weighted by atomic mass is 10.0. The molecule has 0 aromatic heterocycles. The first-order valence-corrected chi connectivity index (χ1v) is 7.06. The van der Waals surface area contributed by atoms with Gasteiger partial charge in [-0.3, -0.25) is 0 Å². The van der Waals surface area contributed by atoms with Gasteiger partial charge < -0.3 is 4.90 Å². The zero-order valence-corrected chi connectivity index (χ0v) is 11.0. The van der Waals surface area contributed by atoms with Crippen LogP contribution in [0.15, 0.2) is 12.1 Å². The molecule has 17 heavy (non-hydrogen) atoms. The van der Waals surface area contributed by atoms with E-state index in [1.165, 1.54) is 12.1 Å². The number of rotatable bonds is 2. The number of nitrogens with zero attached hydrogens (tertiary/aromatic N) is 1. The number of hydrogen-bond acceptors (Lipinski definition) is 2. The maximum absolute atomic E-state index is 14.0. The van der Waals surface area contributed by atoms with Crippen LogP contribution in [0.4, 0.5) is 14.5 Å². The van der Waals surface area contributed by atoms with Gasteiger partial charge in [0, 0.05) is 24.6 Å². The van der Waals surface area contributed by atoms with Gasteiger partial charge in [0.25, 0.3) is 0 Å². The largest absolute Gasteiger partial charge is 0.365 e. The summed E-state index contributed by atoms with van der Waals surface area (Å²) in [6, 6.07) is 2.93. The Hall–Kier alpha value is -0.770. The van der Waals surface area contributed by atoms with E-state index in [-0.39, 0.29) is 11.6 Å². The summed E-state index contributed by atoms with van der Waals surface area (Å²) < 4.78 is 27.9. The standard InChI is InChI=1S/C13H17F2NS/c1-9(2)10-7-11(14)13(12(15)8-10)16-3-5-17-6-4-16/h7-9H,3-6H2,1-2H3. The first-order chi connectivity index (χ1) is 8.09. The third-order valence-electron chi connectivity index (χ3n) is 3.03. The summed E-state index contributed by atoms with van der Waals surface area (Å²) in [7, 11) is 0. The van der Waals surface area contributed by atoms with Crippen molar-refractivity contribution in [1.82, 2.24) is 0 Å². The van der Waals surface area contributed by atoms with Gasteiger partial charge in [-0.15, -0.1) is 0 Å². The smallest absolute Gasteiger partial charge is 0.149 e. The zero-order chi connectivity index (χ0) is 12.4. The lowest BCUT2D eigenvalue weighted by Crippen LogP contribution is -2.33. The van der Waals surface area contributed by atoms with Crippen molar-refractivity contribution < 1.29 is 8.78 Å². The molecule has 0 saturated carbocycles. The van der Waals surface area contributed by atoms with Crippen LogP contribution < -0.4 is 4.90 Å². The Bertz CT molecular complexity index is 377. The van der Waals surface area contributed by atoms with Crippen LogP contribution in [0, 0.1) is 11.6 Å². The normalized spacial score (nSPS) is 16.6. The van der Waals surface area contributed by atoms with Gasteiger partial charge in [0.1, 0.15) is 17.3 Å². The molecular formula is C13H17F2NS. The summed E-state index contributed by atoms with van der Waals surface area (Å²) in [5, 5.41) is 0. The van der Waals surface area contributed by atoms with Crippen LogP contribution in [0.2, 0.25) is 0 Å². The molecular weight excluding hydrogens is 240 g/mol. The average molecular weight is 257 g/mol. The maximum atomic E-state index is 14.0. The Balaban J connectivity index is 2.33. The second-order valence-corrected chi connectivity index (χ2v) is 5.81. The van der Waals surface area contributed by atoms with E-state index in [0.717, 1.165) is 30.2 Å². The Labute approximate surface area is 105 Å². The Kier molecular flexibility index (Phi) is 3.92. The van der Waals surface area contributed by atoms with Gasteiger partial charge in [-0.1, -0.05) is 13.8 Å². The third-order valence-corrected chi connectivity index (χ3v) is 3.98. The molecule has 1 nitrogen and oxygen atoms in total. The molecule has 0 radical (unpaired) electrons. The molecule has 0 aliphatic carbocycles. The summed E-state index contributed by atoms with van der Waals surface area (Å²) in [5.74, 6) is 1.15. The van der Waals surface area contributed by atoms with E-state index in [9.17, 15) is 8.78 Å². The predicted octanol–water partition coefficient (Wildman–Crippen LogP) is 3.64. The molecule has 0 amide bonds. The fraction of sp³-hybridized carbons (Fsp3) is 0.538. The van der Waals surface area contributed by atoms with Crippen molar-refractivity contribution in [3.63, 3.8) is 0 Å². The molecule has 1 saturated heterocycles. The van der Waals surface area contributed by atoms with Crippen molar-refractivity contribution >= 4 is 17.4 Å². The van der Waals surface area contributed by atoms with Gasteiger partial charge in [0.2, 0.25) is 0 Å². The molecule has 1 fully saturated rings. The predicted molar refractivity (Wildman–Crippen MR) is 70.0 cm³/mol. The van der Waals surface area contributed by atoms with Gasteiger partial charge in [-0.25, -0.2) is 8.78 Å². The molecule has 0 bridgehead atoms. The average Bonchev–Trinajstić information content (AvgIpc) is 2.29. The van der Waals surface area contributed by atoms with Crippen molar-refractivity contribution in [3.05, 3.63) is 29.3 Å². The van der Waals surface area contributed by atoms with Crippen molar-refractivity contribution in [2.45, 2.75) is 19.8 Å². The van der Waals surface area contributed by atoms with Crippen molar-refractivity contribution in [3.8, 4) is 0 Å². The Morgan fingerprint density at radius 1 is 1.12 bits per heavy atom. The molecule has 1 aliphatic rings. The summed E-state index contributed by atoms with van der Waals surface area (Å²) >= 11 is 1.83. The fourth-order valence-electron chi connectivity index (χ4n) is 2.01. The minimum Gasteiger partial charge on any atom is -0.365 e. The molecule has 1 aliphatic heterocycles. The van der Waals surface area contributed by atoms with E-state index in [0.29, 0.717) is 0 Å². The topological polar surface area (TPSA) is 3.24 Å². The molecule has 1 aromatic carbocycles. The zero-order valence-electron chi connectivity index (χ0n) is 10.2. The van der Waals surface area contributed by atoms with Gasteiger partial charge >= 0.3 is 0 Å². The minimum atomic E-state index is -0.430. The molecule has 2 rings (SSSR count). The first kappa shape index (κ1) is 12.7. The molecule has 0 spiro atoms. The molecule has 0 atom stereocenters. The second-order valence-electron chi connectivity index (χ2n) is 4.59. The molecule has 1 heterocycles. The highest BCUT2D eigenvalue weighted by molar-refractivity contribution is 7.99. The van der Waals surface area contributed by atoms with Crippen LogP contribution in [0.3, 0.4) is 0 Å². The number of thioether (sulfide) groups is 1. The van der Waals surface area contributed by atoms with Gasteiger partial charge in [0.15, 0.2) is 0 Å². The highest BCUT2D eigenvalue weighted by Crippen LogP contribution is 2.29. The second kappa shape index (κ2) is 5.25. The van der Waals surface area contributed by atoms with E-state index in [2.05, 4.69) is 0 Å². The lowest BCUT2D eigenvalue weighted by molar-refractivity contribution is 0.568. The van der Waals surface area contributed by atoms with Crippen LogP contribution in [0.25, 0.3) is 0 Å². The monoisotopic (exact) mass is 257 g/mol.